The molecular formula is C28H30S. The minimum atomic E-state index is 0.140. The van der Waals surface area contributed by atoms with Crippen LogP contribution in [0, 0.1) is 0 Å². The van der Waals surface area contributed by atoms with E-state index in [4.69, 9.17) is 0 Å². The van der Waals surface area contributed by atoms with Gasteiger partial charge in [-0.15, -0.1) is 11.3 Å². The van der Waals surface area contributed by atoms with Gasteiger partial charge in [0.2, 0.25) is 0 Å². The summed E-state index contributed by atoms with van der Waals surface area (Å²) in [5, 5.41) is 2.81. The van der Waals surface area contributed by atoms with Gasteiger partial charge in [0.25, 0.3) is 0 Å². The Kier molecular flexibility index (Phi) is 4.75. The quantitative estimate of drug-likeness (QED) is 0.316. The third-order valence-electron chi connectivity index (χ3n) is 6.64. The lowest BCUT2D eigenvalue weighted by atomic mass is 9.82. The highest BCUT2D eigenvalue weighted by Gasteiger charge is 2.20. The predicted molar refractivity (Wildman–Crippen MR) is 129 cm³/mol. The molecule has 0 nitrogen and oxygen atoms in total. The molecule has 0 radical (unpaired) electrons. The van der Waals surface area contributed by atoms with Crippen LogP contribution in [0.1, 0.15) is 69.9 Å². The average molecular weight is 399 g/mol. The highest BCUT2D eigenvalue weighted by atomic mass is 32.1. The zero-order valence-corrected chi connectivity index (χ0v) is 18.6. The molecule has 0 atom stereocenters. The highest BCUT2D eigenvalue weighted by molar-refractivity contribution is 7.25. The SMILES string of the molecule is CC(C)(C)c1cc(-c2ccc(C3CCCCC3)cc2)c2c(c1)sc1ccccc12. The van der Waals surface area contributed by atoms with E-state index in [-0.39, 0.29) is 5.41 Å². The van der Waals surface area contributed by atoms with Crippen molar-refractivity contribution in [3.63, 3.8) is 0 Å². The Morgan fingerprint density at radius 3 is 2.24 bits per heavy atom. The van der Waals surface area contributed by atoms with Crippen LogP contribution in [0.15, 0.2) is 60.7 Å². The van der Waals surface area contributed by atoms with Gasteiger partial charge in [-0.05, 0) is 64.6 Å². The molecule has 1 aliphatic carbocycles. The maximum Gasteiger partial charge on any atom is 0.0364 e. The zero-order valence-electron chi connectivity index (χ0n) is 17.8. The summed E-state index contributed by atoms with van der Waals surface area (Å²) in [5.41, 5.74) is 5.83. The van der Waals surface area contributed by atoms with Gasteiger partial charge in [-0.3, -0.25) is 0 Å². The number of benzene rings is 3. The molecule has 1 fully saturated rings. The molecule has 148 valence electrons. The lowest BCUT2D eigenvalue weighted by Gasteiger charge is -2.23. The zero-order chi connectivity index (χ0) is 20.0. The van der Waals surface area contributed by atoms with Crippen LogP contribution in [0.25, 0.3) is 31.3 Å². The second-order valence-electron chi connectivity index (χ2n) is 9.70. The van der Waals surface area contributed by atoms with E-state index in [1.165, 1.54) is 74.5 Å². The summed E-state index contributed by atoms with van der Waals surface area (Å²) in [6, 6.07) is 23.3. The van der Waals surface area contributed by atoms with E-state index < -0.39 is 0 Å². The third-order valence-corrected chi connectivity index (χ3v) is 7.76. The number of thiophene rings is 1. The summed E-state index contributed by atoms with van der Waals surface area (Å²) in [6.45, 7) is 6.95. The van der Waals surface area contributed by atoms with E-state index in [9.17, 15) is 0 Å². The molecule has 1 aliphatic rings. The van der Waals surface area contributed by atoms with E-state index in [1.54, 1.807) is 0 Å². The first-order valence-electron chi connectivity index (χ1n) is 11.1. The van der Waals surface area contributed by atoms with Gasteiger partial charge in [0.05, 0.1) is 0 Å². The average Bonchev–Trinajstić information content (AvgIpc) is 3.12. The van der Waals surface area contributed by atoms with Gasteiger partial charge in [-0.25, -0.2) is 0 Å². The first-order chi connectivity index (χ1) is 14.0. The molecule has 0 aliphatic heterocycles. The Bertz CT molecular complexity index is 1150. The second kappa shape index (κ2) is 7.29. The van der Waals surface area contributed by atoms with Crippen LogP contribution < -0.4 is 0 Å². The van der Waals surface area contributed by atoms with Crippen molar-refractivity contribution >= 4 is 31.5 Å². The van der Waals surface area contributed by atoms with E-state index in [0.717, 1.165) is 5.92 Å². The molecule has 0 spiro atoms. The third kappa shape index (κ3) is 3.51. The Labute approximate surface area is 178 Å². The molecule has 1 saturated carbocycles. The summed E-state index contributed by atoms with van der Waals surface area (Å²) in [4.78, 5) is 0. The molecule has 5 rings (SSSR count). The van der Waals surface area contributed by atoms with Crippen LogP contribution in [0.3, 0.4) is 0 Å². The number of hydrogen-bond donors (Lipinski definition) is 0. The standard InChI is InChI=1S/C28H30S/c1-28(2,3)22-17-24(27-23-11-7-8-12-25(23)29-26(27)18-22)21-15-13-20(14-16-21)19-9-5-4-6-10-19/h7-8,11-19H,4-6,9-10H2,1-3H3. The minimum absolute atomic E-state index is 0.140. The normalized spacial score (nSPS) is 16.0. The van der Waals surface area contributed by atoms with E-state index in [2.05, 4.69) is 81.4 Å². The van der Waals surface area contributed by atoms with Crippen LogP contribution >= 0.6 is 11.3 Å². The number of fused-ring (bicyclic) bond motifs is 3. The van der Waals surface area contributed by atoms with Crippen molar-refractivity contribution in [2.75, 3.05) is 0 Å². The molecule has 0 amide bonds. The monoisotopic (exact) mass is 398 g/mol. The van der Waals surface area contributed by atoms with Crippen LogP contribution in [0.5, 0.6) is 0 Å². The molecule has 4 aromatic rings. The maximum atomic E-state index is 2.44. The summed E-state index contributed by atoms with van der Waals surface area (Å²) in [5.74, 6) is 0.765. The lowest BCUT2D eigenvalue weighted by Crippen LogP contribution is -2.11. The van der Waals surface area contributed by atoms with Crippen molar-refractivity contribution in [2.24, 2.45) is 0 Å². The topological polar surface area (TPSA) is 0 Å². The van der Waals surface area contributed by atoms with Gasteiger partial charge < -0.3 is 0 Å². The lowest BCUT2D eigenvalue weighted by molar-refractivity contribution is 0.443. The summed E-state index contributed by atoms with van der Waals surface area (Å²) in [6.07, 6.45) is 6.91. The molecule has 29 heavy (non-hydrogen) atoms. The van der Waals surface area contributed by atoms with E-state index in [0.29, 0.717) is 0 Å². The van der Waals surface area contributed by atoms with Gasteiger partial charge in [-0.2, -0.15) is 0 Å². The summed E-state index contributed by atoms with van der Waals surface area (Å²) in [7, 11) is 0. The van der Waals surface area contributed by atoms with Crippen LogP contribution in [0.2, 0.25) is 0 Å². The fraction of sp³-hybridized carbons (Fsp3) is 0.357. The Morgan fingerprint density at radius 2 is 1.52 bits per heavy atom. The molecule has 1 aromatic heterocycles. The van der Waals surface area contributed by atoms with E-state index in [1.807, 2.05) is 11.3 Å². The molecule has 0 N–H and O–H groups in total. The highest BCUT2D eigenvalue weighted by Crippen LogP contribution is 2.43. The summed E-state index contributed by atoms with van der Waals surface area (Å²) >= 11 is 1.93. The van der Waals surface area contributed by atoms with Gasteiger partial charge in [0.1, 0.15) is 0 Å². The van der Waals surface area contributed by atoms with Crippen molar-refractivity contribution < 1.29 is 0 Å². The molecule has 1 heterocycles. The Balaban J connectivity index is 1.68. The van der Waals surface area contributed by atoms with Crippen molar-refractivity contribution in [3.05, 3.63) is 71.8 Å². The fourth-order valence-corrected chi connectivity index (χ4v) is 6.06. The van der Waals surface area contributed by atoms with Gasteiger partial charge in [0, 0.05) is 20.2 Å². The number of rotatable bonds is 2. The first kappa shape index (κ1) is 18.9. The largest absolute Gasteiger partial charge is 0.135 e. The molecule has 3 aromatic carbocycles. The number of hydrogen-bond acceptors (Lipinski definition) is 1. The second-order valence-corrected chi connectivity index (χ2v) is 10.8. The molecule has 0 saturated heterocycles. The van der Waals surface area contributed by atoms with Crippen LogP contribution in [-0.2, 0) is 5.41 Å². The Morgan fingerprint density at radius 1 is 0.793 bits per heavy atom. The molecule has 1 heteroatoms. The Hall–Kier alpha value is -2.12. The molecular weight excluding hydrogens is 368 g/mol. The van der Waals surface area contributed by atoms with Crippen molar-refractivity contribution in [1.29, 1.82) is 0 Å². The van der Waals surface area contributed by atoms with Crippen molar-refractivity contribution in [1.82, 2.24) is 0 Å². The maximum absolute atomic E-state index is 2.44. The fourth-order valence-electron chi connectivity index (χ4n) is 4.89. The van der Waals surface area contributed by atoms with Gasteiger partial charge in [-0.1, -0.05) is 82.5 Å². The molecule has 0 unspecified atom stereocenters. The molecule has 0 bridgehead atoms. The van der Waals surface area contributed by atoms with Crippen molar-refractivity contribution in [3.8, 4) is 11.1 Å². The van der Waals surface area contributed by atoms with Crippen LogP contribution in [0.4, 0.5) is 0 Å². The van der Waals surface area contributed by atoms with E-state index >= 15 is 0 Å². The first-order valence-corrected chi connectivity index (χ1v) is 11.9. The van der Waals surface area contributed by atoms with Gasteiger partial charge in [0.15, 0.2) is 0 Å². The van der Waals surface area contributed by atoms with Gasteiger partial charge >= 0.3 is 0 Å². The van der Waals surface area contributed by atoms with Crippen LogP contribution in [-0.4, -0.2) is 0 Å². The smallest absolute Gasteiger partial charge is 0.0364 e. The minimum Gasteiger partial charge on any atom is -0.135 e. The predicted octanol–water partition coefficient (Wildman–Crippen LogP) is 9.07. The van der Waals surface area contributed by atoms with Crippen molar-refractivity contribution in [2.45, 2.75) is 64.2 Å². The summed E-state index contributed by atoms with van der Waals surface area (Å²) < 4.78 is 2.79.